The third-order valence-corrected chi connectivity index (χ3v) is 3.12. The number of amides is 1. The summed E-state index contributed by atoms with van der Waals surface area (Å²) in [5, 5.41) is 11.6. The molecule has 0 radical (unpaired) electrons. The van der Waals surface area contributed by atoms with E-state index in [4.69, 9.17) is 22.4 Å². The minimum absolute atomic E-state index is 0.0827. The third-order valence-electron chi connectivity index (χ3n) is 2.19. The average molecular weight is 336 g/mol. The molecule has 0 saturated heterocycles. The lowest BCUT2D eigenvalue weighted by atomic mass is 10.1. The van der Waals surface area contributed by atoms with Gasteiger partial charge in [0.15, 0.2) is 0 Å². The lowest BCUT2D eigenvalue weighted by Gasteiger charge is -2.12. The Bertz CT molecular complexity index is 468. The van der Waals surface area contributed by atoms with Crippen molar-refractivity contribution in [2.45, 2.75) is 18.9 Å². The number of halogens is 2. The molecule has 1 amide bonds. The molecule has 4 N–H and O–H groups in total. The number of nitrogens with two attached hydrogens (primary N) is 1. The maximum Gasteiger partial charge on any atom is 0.303 e. The zero-order chi connectivity index (χ0) is 13.7. The van der Waals surface area contributed by atoms with E-state index in [0.717, 1.165) is 0 Å². The highest BCUT2D eigenvalue weighted by Crippen LogP contribution is 2.25. The number of hydrogen-bond acceptors (Lipinski definition) is 3. The number of benzene rings is 1. The highest BCUT2D eigenvalue weighted by molar-refractivity contribution is 9.10. The molecule has 1 atom stereocenters. The molecule has 1 rings (SSSR count). The Hall–Kier alpha value is -1.11. The fourth-order valence-electron chi connectivity index (χ4n) is 1.23. The number of carboxylic acids is 1. The molecular weight excluding hydrogens is 323 g/mol. The number of carbonyl (C=O) groups is 2. The van der Waals surface area contributed by atoms with E-state index in [1.807, 2.05) is 0 Å². The van der Waals surface area contributed by atoms with E-state index < -0.39 is 17.9 Å². The first-order chi connectivity index (χ1) is 8.40. The van der Waals surface area contributed by atoms with Crippen LogP contribution < -0.4 is 11.1 Å². The van der Waals surface area contributed by atoms with Crippen LogP contribution in [0.5, 0.6) is 0 Å². The van der Waals surface area contributed by atoms with Gasteiger partial charge >= 0.3 is 5.97 Å². The Morgan fingerprint density at radius 1 is 1.50 bits per heavy atom. The zero-order valence-corrected chi connectivity index (χ0v) is 11.7. The van der Waals surface area contributed by atoms with Crippen LogP contribution in [0.2, 0.25) is 5.02 Å². The summed E-state index contributed by atoms with van der Waals surface area (Å²) in [5.74, 6) is -1.43. The van der Waals surface area contributed by atoms with Crippen molar-refractivity contribution in [1.29, 1.82) is 0 Å². The van der Waals surface area contributed by atoms with E-state index in [9.17, 15) is 9.59 Å². The molecule has 0 bridgehead atoms. The van der Waals surface area contributed by atoms with Gasteiger partial charge in [0, 0.05) is 15.9 Å². The summed E-state index contributed by atoms with van der Waals surface area (Å²) in [5.41, 5.74) is 6.08. The van der Waals surface area contributed by atoms with Crippen molar-refractivity contribution >= 4 is 45.1 Å². The van der Waals surface area contributed by atoms with Crippen LogP contribution in [0.4, 0.5) is 5.69 Å². The first kappa shape index (κ1) is 14.9. The van der Waals surface area contributed by atoms with Crippen molar-refractivity contribution < 1.29 is 14.7 Å². The molecule has 1 unspecified atom stereocenters. The summed E-state index contributed by atoms with van der Waals surface area (Å²) in [6.45, 7) is 0. The maximum absolute atomic E-state index is 11.7. The molecule has 0 aliphatic carbocycles. The van der Waals surface area contributed by atoms with Crippen LogP contribution in [0.15, 0.2) is 22.7 Å². The van der Waals surface area contributed by atoms with Gasteiger partial charge in [-0.3, -0.25) is 9.59 Å². The predicted octanol–water partition coefficient (Wildman–Crippen LogP) is 2.23. The molecule has 1 aromatic carbocycles. The fourth-order valence-corrected chi connectivity index (χ4v) is 1.75. The summed E-state index contributed by atoms with van der Waals surface area (Å²) in [6, 6.07) is 4.08. The first-order valence-corrected chi connectivity index (χ1v) is 6.30. The molecular formula is C11H12BrClN2O3. The van der Waals surface area contributed by atoms with Crippen LogP contribution in [0.25, 0.3) is 0 Å². The quantitative estimate of drug-likeness (QED) is 0.769. The van der Waals surface area contributed by atoms with Gasteiger partial charge in [-0.05, 0) is 40.5 Å². The van der Waals surface area contributed by atoms with Gasteiger partial charge in [-0.1, -0.05) is 11.6 Å². The van der Waals surface area contributed by atoms with E-state index in [0.29, 0.717) is 15.2 Å². The van der Waals surface area contributed by atoms with Crippen molar-refractivity contribution in [1.82, 2.24) is 0 Å². The smallest absolute Gasteiger partial charge is 0.303 e. The fraction of sp³-hybridized carbons (Fsp3) is 0.273. The number of aliphatic carboxylic acids is 1. The molecule has 98 valence electrons. The van der Waals surface area contributed by atoms with E-state index in [1.54, 1.807) is 18.2 Å². The molecule has 0 fully saturated rings. The Labute approximate surface area is 117 Å². The number of hydrogen-bond donors (Lipinski definition) is 3. The summed E-state index contributed by atoms with van der Waals surface area (Å²) in [7, 11) is 0. The minimum Gasteiger partial charge on any atom is -0.481 e. The SMILES string of the molecule is NC(CCC(=O)O)C(=O)Nc1cc(Cl)ccc1Br. The summed E-state index contributed by atoms with van der Waals surface area (Å²) in [4.78, 5) is 22.1. The Morgan fingerprint density at radius 2 is 2.17 bits per heavy atom. The second-order valence-electron chi connectivity index (χ2n) is 3.65. The molecule has 7 heteroatoms. The highest BCUT2D eigenvalue weighted by atomic mass is 79.9. The second-order valence-corrected chi connectivity index (χ2v) is 4.94. The van der Waals surface area contributed by atoms with Gasteiger partial charge in [0.05, 0.1) is 11.7 Å². The number of nitrogens with one attached hydrogen (secondary N) is 1. The third kappa shape index (κ3) is 4.64. The normalized spacial score (nSPS) is 11.9. The number of carboxylic acid groups (broad SMARTS) is 1. The predicted molar refractivity (Wildman–Crippen MR) is 72.6 cm³/mol. The van der Waals surface area contributed by atoms with E-state index >= 15 is 0 Å². The van der Waals surface area contributed by atoms with Gasteiger partial charge in [-0.25, -0.2) is 0 Å². The molecule has 18 heavy (non-hydrogen) atoms. The van der Waals surface area contributed by atoms with Crippen LogP contribution in [0.3, 0.4) is 0 Å². The lowest BCUT2D eigenvalue weighted by molar-refractivity contribution is -0.137. The number of anilines is 1. The van der Waals surface area contributed by atoms with Crippen LogP contribution in [-0.2, 0) is 9.59 Å². The topological polar surface area (TPSA) is 92.4 Å². The summed E-state index contributed by atoms with van der Waals surface area (Å²) < 4.78 is 0.672. The second kappa shape index (κ2) is 6.72. The Kier molecular flexibility index (Phi) is 5.58. The molecule has 0 aromatic heterocycles. The molecule has 5 nitrogen and oxygen atoms in total. The molecule has 0 heterocycles. The van der Waals surface area contributed by atoms with Crippen LogP contribution in [-0.4, -0.2) is 23.0 Å². The maximum atomic E-state index is 11.7. The zero-order valence-electron chi connectivity index (χ0n) is 9.32. The lowest BCUT2D eigenvalue weighted by Crippen LogP contribution is -2.36. The van der Waals surface area contributed by atoms with Gasteiger partial charge in [0.2, 0.25) is 5.91 Å². The van der Waals surface area contributed by atoms with E-state index in [-0.39, 0.29) is 12.8 Å². The molecule has 0 aliphatic heterocycles. The van der Waals surface area contributed by atoms with Crippen molar-refractivity contribution in [3.63, 3.8) is 0 Å². The number of rotatable bonds is 5. The van der Waals surface area contributed by atoms with Crippen LogP contribution in [0.1, 0.15) is 12.8 Å². The van der Waals surface area contributed by atoms with Crippen LogP contribution >= 0.6 is 27.5 Å². The van der Waals surface area contributed by atoms with Crippen molar-refractivity contribution in [3.8, 4) is 0 Å². The number of carbonyl (C=O) groups excluding carboxylic acids is 1. The average Bonchev–Trinajstić information content (AvgIpc) is 2.30. The summed E-state index contributed by atoms with van der Waals surface area (Å²) >= 11 is 9.06. The van der Waals surface area contributed by atoms with Gasteiger partial charge < -0.3 is 16.2 Å². The minimum atomic E-state index is -0.984. The van der Waals surface area contributed by atoms with Crippen LogP contribution in [0, 0.1) is 0 Å². The highest BCUT2D eigenvalue weighted by Gasteiger charge is 2.16. The molecule has 0 aliphatic rings. The Balaban J connectivity index is 2.63. The molecule has 0 saturated carbocycles. The standard InChI is InChI=1S/C11H12BrClN2O3/c12-7-2-1-6(13)5-9(7)15-11(18)8(14)3-4-10(16)17/h1-2,5,8H,3-4,14H2,(H,15,18)(H,16,17). The van der Waals surface area contributed by atoms with Gasteiger partial charge in [-0.2, -0.15) is 0 Å². The van der Waals surface area contributed by atoms with Gasteiger partial charge in [0.1, 0.15) is 0 Å². The van der Waals surface area contributed by atoms with Gasteiger partial charge in [0.25, 0.3) is 0 Å². The van der Waals surface area contributed by atoms with Crippen molar-refractivity contribution in [2.24, 2.45) is 5.73 Å². The first-order valence-electron chi connectivity index (χ1n) is 5.13. The molecule has 0 spiro atoms. The Morgan fingerprint density at radius 3 is 2.78 bits per heavy atom. The molecule has 1 aromatic rings. The van der Waals surface area contributed by atoms with Crippen molar-refractivity contribution in [2.75, 3.05) is 5.32 Å². The van der Waals surface area contributed by atoms with E-state index in [1.165, 1.54) is 0 Å². The largest absolute Gasteiger partial charge is 0.481 e. The van der Waals surface area contributed by atoms with Gasteiger partial charge in [-0.15, -0.1) is 0 Å². The monoisotopic (exact) mass is 334 g/mol. The van der Waals surface area contributed by atoms with Crippen molar-refractivity contribution in [3.05, 3.63) is 27.7 Å². The summed E-state index contributed by atoms with van der Waals surface area (Å²) in [6.07, 6.45) is -0.0648. The van der Waals surface area contributed by atoms with E-state index in [2.05, 4.69) is 21.2 Å².